The molecule has 0 bridgehead atoms. The molecule has 1 heterocycles. The second kappa shape index (κ2) is 7.60. The number of aromatic nitrogens is 1. The lowest BCUT2D eigenvalue weighted by Crippen LogP contribution is -2.28. The molecule has 0 aliphatic rings. The number of nitrogens with zero attached hydrogens (tertiary/aromatic N) is 1. The van der Waals surface area contributed by atoms with Crippen LogP contribution in [-0.4, -0.2) is 12.1 Å². The topological polar surface area (TPSA) is 81.6 Å². The van der Waals surface area contributed by atoms with E-state index in [0.29, 0.717) is 0 Å². The minimum Gasteiger partial charge on any atom is -0.396 e. The van der Waals surface area contributed by atoms with Gasteiger partial charge in [-0.15, -0.1) is 0 Å². The number of nitrogens with one attached hydrogen (secondary N) is 2. The summed E-state index contributed by atoms with van der Waals surface area (Å²) < 4.78 is 0. The highest BCUT2D eigenvalue weighted by atomic mass is 35.5. The van der Waals surface area contributed by atoms with Gasteiger partial charge < -0.3 is 5.73 Å². The van der Waals surface area contributed by atoms with E-state index in [2.05, 4.69) is 36.3 Å². The number of H-pyrrole nitrogens is 1. The number of pyridine rings is 1. The third kappa shape index (κ3) is 4.63. The summed E-state index contributed by atoms with van der Waals surface area (Å²) in [5.74, 6) is -0.585. The number of rotatable bonds is 3. The predicted molar refractivity (Wildman–Crippen MR) is 103 cm³/mol. The third-order valence-electron chi connectivity index (χ3n) is 3.50. The van der Waals surface area contributed by atoms with Gasteiger partial charge in [0.2, 0.25) is 0 Å². The van der Waals surface area contributed by atoms with Gasteiger partial charge in [0.25, 0.3) is 10.8 Å². The number of aromatic amines is 1. The van der Waals surface area contributed by atoms with E-state index in [1.807, 2.05) is 24.3 Å². The van der Waals surface area contributed by atoms with E-state index in [0.717, 1.165) is 5.56 Å². The number of amides is 1. The van der Waals surface area contributed by atoms with Crippen molar-refractivity contribution in [3.05, 3.63) is 56.3 Å². The van der Waals surface area contributed by atoms with Crippen LogP contribution in [0.4, 0.5) is 5.69 Å². The maximum absolute atomic E-state index is 12.2. The van der Waals surface area contributed by atoms with Crippen molar-refractivity contribution in [2.24, 2.45) is 5.10 Å². The number of nitrogens with two attached hydrogens (primary N) is 1. The highest BCUT2D eigenvalue weighted by Crippen LogP contribution is 2.31. The molecular formula is C17H18Cl3N4O+. The zero-order chi connectivity index (χ0) is 18.8. The highest BCUT2D eigenvalue weighted by molar-refractivity contribution is 6.45. The average molecular weight is 401 g/mol. The Morgan fingerprint density at radius 2 is 1.76 bits per heavy atom. The van der Waals surface area contributed by atoms with Crippen molar-refractivity contribution >= 4 is 52.6 Å². The monoisotopic (exact) mass is 399 g/mol. The molecule has 0 spiro atoms. The van der Waals surface area contributed by atoms with Crippen LogP contribution < -0.4 is 16.1 Å². The first-order valence-corrected chi connectivity index (χ1v) is 8.54. The van der Waals surface area contributed by atoms with Crippen molar-refractivity contribution in [3.8, 4) is 0 Å². The third-order valence-corrected chi connectivity index (χ3v) is 4.67. The fourth-order valence-electron chi connectivity index (χ4n) is 2.02. The molecule has 5 nitrogen and oxygen atoms in total. The van der Waals surface area contributed by atoms with Gasteiger partial charge in [-0.25, -0.2) is 5.43 Å². The Hall–Kier alpha value is -1.82. The number of carbonyl (C=O) groups is 1. The van der Waals surface area contributed by atoms with Crippen LogP contribution in [0.25, 0.3) is 0 Å². The summed E-state index contributed by atoms with van der Waals surface area (Å²) in [6.45, 7) is 6.42. The summed E-state index contributed by atoms with van der Waals surface area (Å²) in [5, 5.41) is 3.98. The number of nitrogen functional groups attached to an aromatic ring is 1. The Morgan fingerprint density at radius 1 is 1.16 bits per heavy atom. The lowest BCUT2D eigenvalue weighted by molar-refractivity contribution is -0.379. The minimum absolute atomic E-state index is 0.0170. The number of hydrogen-bond acceptors (Lipinski definition) is 3. The van der Waals surface area contributed by atoms with Gasteiger partial charge in [-0.3, -0.25) is 4.79 Å². The van der Waals surface area contributed by atoms with Gasteiger partial charge >= 0.3 is 5.91 Å². The highest BCUT2D eigenvalue weighted by Gasteiger charge is 2.25. The van der Waals surface area contributed by atoms with Crippen molar-refractivity contribution in [3.63, 3.8) is 0 Å². The molecule has 1 aromatic heterocycles. The molecule has 0 atom stereocenters. The average Bonchev–Trinajstić information content (AvgIpc) is 2.55. The van der Waals surface area contributed by atoms with E-state index in [1.54, 1.807) is 0 Å². The summed E-state index contributed by atoms with van der Waals surface area (Å²) in [6.07, 6.45) is 1.53. The van der Waals surface area contributed by atoms with Gasteiger partial charge in [-0.2, -0.15) is 10.1 Å². The molecule has 25 heavy (non-hydrogen) atoms. The molecule has 0 aliphatic heterocycles. The largest absolute Gasteiger partial charge is 0.396 e. The molecule has 8 heteroatoms. The smallest absolute Gasteiger partial charge is 0.337 e. The molecular weight excluding hydrogens is 383 g/mol. The zero-order valence-electron chi connectivity index (χ0n) is 14.0. The SMILES string of the molecule is CC(C)(C)c1ccc(/C=N/NC(=O)c2[nH+]c(Cl)c(Cl)c(N)c2Cl)cc1. The van der Waals surface area contributed by atoms with Crippen LogP contribution in [0.15, 0.2) is 29.4 Å². The van der Waals surface area contributed by atoms with Gasteiger partial charge in [0, 0.05) is 0 Å². The molecule has 2 rings (SSSR count). The Bertz CT molecular complexity index is 827. The predicted octanol–water partition coefficient (Wildman–Crippen LogP) is 4.10. The van der Waals surface area contributed by atoms with Crippen LogP contribution >= 0.6 is 34.8 Å². The van der Waals surface area contributed by atoms with Crippen LogP contribution in [0.5, 0.6) is 0 Å². The van der Waals surface area contributed by atoms with Crippen LogP contribution in [-0.2, 0) is 5.41 Å². The standard InChI is InChI=1S/C17H17Cl3N4O/c1-17(2,3)10-6-4-9(5-7-10)8-22-24-16(25)14-11(18)13(21)12(19)15(20)23-14/h4-8H,1-3H3,(H2,21,23)(H,24,25)/p+1/b22-8+. The van der Waals surface area contributed by atoms with Gasteiger partial charge in [0.1, 0.15) is 10.0 Å². The van der Waals surface area contributed by atoms with E-state index in [1.165, 1.54) is 11.8 Å². The first-order chi connectivity index (χ1) is 11.6. The van der Waals surface area contributed by atoms with E-state index in [4.69, 9.17) is 40.5 Å². The molecule has 0 fully saturated rings. The van der Waals surface area contributed by atoms with E-state index in [-0.39, 0.29) is 32.0 Å². The van der Waals surface area contributed by atoms with Crippen molar-refractivity contribution in [1.82, 2.24) is 5.43 Å². The number of anilines is 1. The van der Waals surface area contributed by atoms with Crippen molar-refractivity contribution in [2.75, 3.05) is 5.73 Å². The summed E-state index contributed by atoms with van der Waals surface area (Å²) in [7, 11) is 0. The quantitative estimate of drug-likeness (QED) is 0.462. The molecule has 2 aromatic rings. The van der Waals surface area contributed by atoms with Crippen LogP contribution in [0.1, 0.15) is 42.4 Å². The Labute approximate surface area is 161 Å². The van der Waals surface area contributed by atoms with E-state index in [9.17, 15) is 4.79 Å². The number of carbonyl (C=O) groups excluding carboxylic acids is 1. The molecule has 0 radical (unpaired) electrons. The maximum atomic E-state index is 12.2. The molecule has 0 saturated heterocycles. The fraction of sp³-hybridized carbons (Fsp3) is 0.235. The zero-order valence-corrected chi connectivity index (χ0v) is 16.2. The molecule has 0 saturated carbocycles. The van der Waals surface area contributed by atoms with Crippen LogP contribution in [0, 0.1) is 0 Å². The molecule has 1 aromatic carbocycles. The molecule has 1 amide bonds. The summed E-state index contributed by atoms with van der Waals surface area (Å²) >= 11 is 17.7. The van der Waals surface area contributed by atoms with E-state index >= 15 is 0 Å². The summed E-state index contributed by atoms with van der Waals surface area (Å²) in [4.78, 5) is 14.8. The maximum Gasteiger partial charge on any atom is 0.337 e. The van der Waals surface area contributed by atoms with Crippen molar-refractivity contribution < 1.29 is 9.78 Å². The van der Waals surface area contributed by atoms with Crippen molar-refractivity contribution in [2.45, 2.75) is 26.2 Å². The van der Waals surface area contributed by atoms with Gasteiger partial charge in [0.05, 0.1) is 11.9 Å². The van der Waals surface area contributed by atoms with E-state index < -0.39 is 5.91 Å². The molecule has 0 aliphatic carbocycles. The molecule has 132 valence electrons. The van der Waals surface area contributed by atoms with Crippen LogP contribution in [0.2, 0.25) is 15.2 Å². The van der Waals surface area contributed by atoms with Gasteiger partial charge in [-0.1, -0.05) is 68.2 Å². The second-order valence-corrected chi connectivity index (χ2v) is 7.56. The Balaban J connectivity index is 2.11. The number of benzene rings is 1. The lowest BCUT2D eigenvalue weighted by atomic mass is 9.87. The van der Waals surface area contributed by atoms with Gasteiger partial charge in [0.15, 0.2) is 0 Å². The normalized spacial score (nSPS) is 11.8. The Morgan fingerprint density at radius 3 is 2.32 bits per heavy atom. The number of halogens is 3. The molecule has 4 N–H and O–H groups in total. The number of hydrazone groups is 1. The first kappa shape index (κ1) is 19.5. The van der Waals surface area contributed by atoms with Crippen LogP contribution in [0.3, 0.4) is 0 Å². The van der Waals surface area contributed by atoms with Crippen molar-refractivity contribution in [1.29, 1.82) is 0 Å². The minimum atomic E-state index is -0.585. The molecule has 0 unspecified atom stereocenters. The number of hydrogen-bond donors (Lipinski definition) is 2. The Kier molecular flexibility index (Phi) is 5.93. The summed E-state index contributed by atoms with van der Waals surface area (Å²) in [5.41, 5.74) is 10.2. The van der Waals surface area contributed by atoms with Gasteiger partial charge in [-0.05, 0) is 28.1 Å². The lowest BCUT2D eigenvalue weighted by Gasteiger charge is -2.18. The second-order valence-electron chi connectivity index (χ2n) is 6.43. The first-order valence-electron chi connectivity index (χ1n) is 7.40. The fourth-order valence-corrected chi connectivity index (χ4v) is 2.63. The summed E-state index contributed by atoms with van der Waals surface area (Å²) in [6, 6.07) is 7.89.